The van der Waals surface area contributed by atoms with E-state index in [0.29, 0.717) is 11.2 Å². The summed E-state index contributed by atoms with van der Waals surface area (Å²) in [5.74, 6) is 0.185. The van der Waals surface area contributed by atoms with Crippen molar-refractivity contribution in [1.29, 1.82) is 0 Å². The molecule has 1 unspecified atom stereocenters. The predicted octanol–water partition coefficient (Wildman–Crippen LogP) is 3.94. The summed E-state index contributed by atoms with van der Waals surface area (Å²) in [6.45, 7) is 8.91. The van der Waals surface area contributed by atoms with Gasteiger partial charge in [0.05, 0.1) is 10.9 Å². The Kier molecular flexibility index (Phi) is 6.52. The van der Waals surface area contributed by atoms with Crippen LogP contribution in [0.1, 0.15) is 57.1 Å². The minimum absolute atomic E-state index is 0.185. The molecule has 1 aliphatic rings. The van der Waals surface area contributed by atoms with Crippen LogP contribution in [0.3, 0.4) is 0 Å². The van der Waals surface area contributed by atoms with Gasteiger partial charge >= 0.3 is 0 Å². The number of benzene rings is 1. The highest BCUT2D eigenvalue weighted by Crippen LogP contribution is 2.28. The lowest BCUT2D eigenvalue weighted by molar-refractivity contribution is -0.133. The molecule has 1 amide bonds. The van der Waals surface area contributed by atoms with Gasteiger partial charge < -0.3 is 4.90 Å². The lowest BCUT2D eigenvalue weighted by Crippen LogP contribution is -2.44. The van der Waals surface area contributed by atoms with E-state index in [2.05, 4.69) is 53.3 Å². The third-order valence-electron chi connectivity index (χ3n) is 5.29. The number of carbonyl (C=O) groups is 1. The molecule has 1 aliphatic carbocycles. The minimum Gasteiger partial charge on any atom is -0.339 e. The monoisotopic (exact) mass is 387 g/mol. The van der Waals surface area contributed by atoms with Gasteiger partial charge in [0.1, 0.15) is 0 Å². The van der Waals surface area contributed by atoms with Gasteiger partial charge in [-0.05, 0) is 62.6 Å². The second-order valence-corrected chi connectivity index (χ2v) is 8.65. The van der Waals surface area contributed by atoms with Gasteiger partial charge in [0, 0.05) is 12.6 Å². The van der Waals surface area contributed by atoms with Crippen LogP contribution in [-0.2, 0) is 4.79 Å². The van der Waals surface area contributed by atoms with E-state index in [4.69, 9.17) is 0 Å². The number of nitrogens with zero attached hydrogens (tertiary/aromatic N) is 5. The fourth-order valence-corrected chi connectivity index (χ4v) is 4.75. The molecule has 0 spiro atoms. The van der Waals surface area contributed by atoms with Crippen molar-refractivity contribution in [3.8, 4) is 5.69 Å². The van der Waals surface area contributed by atoms with Crippen molar-refractivity contribution >= 4 is 17.7 Å². The summed E-state index contributed by atoms with van der Waals surface area (Å²) in [6, 6.07) is 6.57. The van der Waals surface area contributed by atoms with Crippen molar-refractivity contribution in [2.45, 2.75) is 76.2 Å². The number of hydrogen-bond acceptors (Lipinski definition) is 5. The van der Waals surface area contributed by atoms with Crippen molar-refractivity contribution < 1.29 is 4.79 Å². The SMILES string of the molecule is CCN(C(=O)C(C)Sc1nnnn1-c1ccc(C)cc1C)C1CCCCC1. The van der Waals surface area contributed by atoms with Crippen LogP contribution in [-0.4, -0.2) is 48.9 Å². The molecule has 1 heterocycles. The van der Waals surface area contributed by atoms with Gasteiger partial charge in [-0.3, -0.25) is 4.79 Å². The summed E-state index contributed by atoms with van der Waals surface area (Å²) in [6.07, 6.45) is 5.98. The topological polar surface area (TPSA) is 63.9 Å². The van der Waals surface area contributed by atoms with E-state index >= 15 is 0 Å². The number of aromatic nitrogens is 4. The van der Waals surface area contributed by atoms with Crippen molar-refractivity contribution in [3.05, 3.63) is 29.3 Å². The molecule has 1 saturated carbocycles. The molecule has 1 aromatic carbocycles. The maximum absolute atomic E-state index is 13.1. The highest BCUT2D eigenvalue weighted by molar-refractivity contribution is 8.00. The van der Waals surface area contributed by atoms with Crippen LogP contribution < -0.4 is 0 Å². The molecule has 1 aromatic heterocycles. The van der Waals surface area contributed by atoms with E-state index in [-0.39, 0.29) is 11.2 Å². The molecule has 6 nitrogen and oxygen atoms in total. The summed E-state index contributed by atoms with van der Waals surface area (Å²) in [4.78, 5) is 15.1. The van der Waals surface area contributed by atoms with E-state index in [0.717, 1.165) is 30.6 Å². The second-order valence-electron chi connectivity index (χ2n) is 7.34. The Balaban J connectivity index is 1.75. The van der Waals surface area contributed by atoms with Crippen LogP contribution in [0.4, 0.5) is 0 Å². The zero-order chi connectivity index (χ0) is 19.4. The number of carbonyl (C=O) groups excluding carboxylic acids is 1. The highest BCUT2D eigenvalue weighted by Gasteiger charge is 2.29. The molecule has 27 heavy (non-hydrogen) atoms. The normalized spacial score (nSPS) is 16.3. The molecule has 1 atom stereocenters. The molecule has 0 bridgehead atoms. The van der Waals surface area contributed by atoms with Crippen molar-refractivity contribution in [1.82, 2.24) is 25.1 Å². The fourth-order valence-electron chi connectivity index (χ4n) is 3.88. The van der Waals surface area contributed by atoms with Crippen LogP contribution in [0.15, 0.2) is 23.4 Å². The zero-order valence-corrected chi connectivity index (χ0v) is 17.5. The number of thioether (sulfide) groups is 1. The number of aryl methyl sites for hydroxylation is 2. The summed E-state index contributed by atoms with van der Waals surface area (Å²) in [5.41, 5.74) is 3.26. The zero-order valence-electron chi connectivity index (χ0n) is 16.7. The Morgan fingerprint density at radius 2 is 2.04 bits per heavy atom. The molecule has 146 valence electrons. The van der Waals surface area contributed by atoms with Gasteiger partial charge in [0.25, 0.3) is 0 Å². The molecule has 1 fully saturated rings. The summed E-state index contributed by atoms with van der Waals surface area (Å²) >= 11 is 1.44. The van der Waals surface area contributed by atoms with Crippen LogP contribution >= 0.6 is 11.8 Å². The Morgan fingerprint density at radius 3 is 2.70 bits per heavy atom. The van der Waals surface area contributed by atoms with Gasteiger partial charge in [-0.15, -0.1) is 5.10 Å². The molecule has 0 N–H and O–H groups in total. The molecule has 0 saturated heterocycles. The fraction of sp³-hybridized carbons (Fsp3) is 0.600. The molecule has 2 aromatic rings. The van der Waals surface area contributed by atoms with Gasteiger partial charge in [0.15, 0.2) is 0 Å². The molecule has 3 rings (SSSR count). The number of tetrazole rings is 1. The molecular weight excluding hydrogens is 358 g/mol. The lowest BCUT2D eigenvalue weighted by atomic mass is 9.94. The molecule has 7 heteroatoms. The smallest absolute Gasteiger partial charge is 0.236 e. The van der Waals surface area contributed by atoms with Crippen LogP contribution in [0, 0.1) is 13.8 Å². The predicted molar refractivity (Wildman–Crippen MR) is 108 cm³/mol. The molecular formula is C20H29N5OS. The average molecular weight is 388 g/mol. The Hall–Kier alpha value is -1.89. The van der Waals surface area contributed by atoms with Gasteiger partial charge in [-0.2, -0.15) is 4.68 Å². The molecule has 0 aliphatic heterocycles. The molecule has 0 radical (unpaired) electrons. The summed E-state index contributed by atoms with van der Waals surface area (Å²) in [7, 11) is 0. The quantitative estimate of drug-likeness (QED) is 0.703. The average Bonchev–Trinajstić information content (AvgIpc) is 3.11. The maximum Gasteiger partial charge on any atom is 0.236 e. The Labute approximate surface area is 165 Å². The second kappa shape index (κ2) is 8.87. The van der Waals surface area contributed by atoms with Crippen LogP contribution in [0.5, 0.6) is 0 Å². The van der Waals surface area contributed by atoms with E-state index < -0.39 is 0 Å². The first-order chi connectivity index (χ1) is 13.0. The first-order valence-corrected chi connectivity index (χ1v) is 10.7. The maximum atomic E-state index is 13.1. The summed E-state index contributed by atoms with van der Waals surface area (Å²) in [5, 5.41) is 12.6. The summed E-state index contributed by atoms with van der Waals surface area (Å²) < 4.78 is 1.74. The Morgan fingerprint density at radius 1 is 1.30 bits per heavy atom. The van der Waals surface area contributed by atoms with Crippen molar-refractivity contribution in [2.75, 3.05) is 6.54 Å². The third kappa shape index (κ3) is 4.51. The van der Waals surface area contributed by atoms with Crippen molar-refractivity contribution in [2.24, 2.45) is 0 Å². The number of amides is 1. The van der Waals surface area contributed by atoms with Gasteiger partial charge in [-0.25, -0.2) is 0 Å². The van der Waals surface area contributed by atoms with Gasteiger partial charge in [0.2, 0.25) is 11.1 Å². The Bertz CT molecular complexity index is 784. The van der Waals surface area contributed by atoms with Crippen LogP contribution in [0.25, 0.3) is 5.69 Å². The van der Waals surface area contributed by atoms with Crippen molar-refractivity contribution in [3.63, 3.8) is 0 Å². The highest BCUT2D eigenvalue weighted by atomic mass is 32.2. The number of hydrogen-bond donors (Lipinski definition) is 0. The van der Waals surface area contributed by atoms with Gasteiger partial charge in [-0.1, -0.05) is 48.7 Å². The first kappa shape index (κ1) is 19.9. The lowest BCUT2D eigenvalue weighted by Gasteiger charge is -2.35. The van der Waals surface area contributed by atoms with E-state index in [9.17, 15) is 4.79 Å². The van der Waals surface area contributed by atoms with E-state index in [1.165, 1.54) is 36.6 Å². The largest absolute Gasteiger partial charge is 0.339 e. The number of rotatable bonds is 6. The van der Waals surface area contributed by atoms with E-state index in [1.54, 1.807) is 4.68 Å². The standard InChI is InChI=1S/C20H29N5OS/c1-5-24(17-9-7-6-8-10-17)19(26)16(4)27-20-21-22-23-25(20)18-12-11-14(2)13-15(18)3/h11-13,16-17H,5-10H2,1-4H3. The van der Waals surface area contributed by atoms with Crippen LogP contribution in [0.2, 0.25) is 0 Å². The third-order valence-corrected chi connectivity index (χ3v) is 6.31. The van der Waals surface area contributed by atoms with E-state index in [1.807, 2.05) is 13.0 Å². The minimum atomic E-state index is -0.220. The first-order valence-electron chi connectivity index (χ1n) is 9.84.